The summed E-state index contributed by atoms with van der Waals surface area (Å²) in [4.78, 5) is 14.2. The number of piperidine rings is 1. The standard InChI is InChI=1S/C18H30N2O/c1-6-16(21)19-17-13(2)15(9-10-18(17,3)4)14-8-7-11-20(5)12-14/h6,14-15H,1,7-12H2,2-5H3,(H,19,21). The molecule has 0 spiro atoms. The first-order valence-electron chi connectivity index (χ1n) is 8.18. The highest BCUT2D eigenvalue weighted by atomic mass is 16.1. The molecule has 1 fully saturated rings. The zero-order valence-corrected chi connectivity index (χ0v) is 14.0. The summed E-state index contributed by atoms with van der Waals surface area (Å²) in [6.07, 6.45) is 6.36. The molecule has 0 bridgehead atoms. The van der Waals surface area contributed by atoms with Crippen LogP contribution >= 0.6 is 0 Å². The highest BCUT2D eigenvalue weighted by Crippen LogP contribution is 2.45. The van der Waals surface area contributed by atoms with Gasteiger partial charge in [-0.25, -0.2) is 0 Å². The Morgan fingerprint density at radius 2 is 2.14 bits per heavy atom. The van der Waals surface area contributed by atoms with E-state index in [2.05, 4.69) is 44.6 Å². The molecule has 0 radical (unpaired) electrons. The van der Waals surface area contributed by atoms with E-state index >= 15 is 0 Å². The molecule has 1 N–H and O–H groups in total. The molecule has 2 aliphatic rings. The topological polar surface area (TPSA) is 32.3 Å². The van der Waals surface area contributed by atoms with E-state index in [4.69, 9.17) is 0 Å². The summed E-state index contributed by atoms with van der Waals surface area (Å²) < 4.78 is 0. The second kappa shape index (κ2) is 6.35. The molecule has 21 heavy (non-hydrogen) atoms. The van der Waals surface area contributed by atoms with E-state index in [0.29, 0.717) is 5.92 Å². The van der Waals surface area contributed by atoms with Gasteiger partial charge in [-0.1, -0.05) is 20.4 Å². The van der Waals surface area contributed by atoms with Gasteiger partial charge in [-0.2, -0.15) is 0 Å². The molecule has 0 aromatic heterocycles. The van der Waals surface area contributed by atoms with E-state index in [1.807, 2.05) is 0 Å². The Kier molecular flexibility index (Phi) is 4.92. The summed E-state index contributed by atoms with van der Waals surface area (Å²) in [6.45, 7) is 12.7. The highest BCUT2D eigenvalue weighted by molar-refractivity contribution is 5.88. The molecule has 2 unspecified atom stereocenters. The Labute approximate surface area is 129 Å². The van der Waals surface area contributed by atoms with Crippen LogP contribution in [0.3, 0.4) is 0 Å². The molecule has 118 valence electrons. The van der Waals surface area contributed by atoms with Gasteiger partial charge in [0, 0.05) is 17.7 Å². The van der Waals surface area contributed by atoms with Crippen molar-refractivity contribution in [2.24, 2.45) is 17.3 Å². The molecule has 1 aliphatic carbocycles. The number of nitrogens with one attached hydrogen (secondary N) is 1. The smallest absolute Gasteiger partial charge is 0.247 e. The van der Waals surface area contributed by atoms with Crippen molar-refractivity contribution in [3.8, 4) is 0 Å². The van der Waals surface area contributed by atoms with Crippen LogP contribution in [0, 0.1) is 17.3 Å². The minimum absolute atomic E-state index is 0.0554. The maximum absolute atomic E-state index is 11.8. The lowest BCUT2D eigenvalue weighted by molar-refractivity contribution is -0.116. The van der Waals surface area contributed by atoms with E-state index in [-0.39, 0.29) is 11.3 Å². The Hall–Kier alpha value is -1.09. The van der Waals surface area contributed by atoms with Gasteiger partial charge in [0.05, 0.1) is 0 Å². The van der Waals surface area contributed by atoms with Gasteiger partial charge in [0.15, 0.2) is 0 Å². The molecule has 2 atom stereocenters. The summed E-state index contributed by atoms with van der Waals surface area (Å²) in [5.74, 6) is 1.26. The minimum Gasteiger partial charge on any atom is -0.326 e. The molecule has 1 aliphatic heterocycles. The molecular formula is C18H30N2O. The van der Waals surface area contributed by atoms with Crippen molar-refractivity contribution in [1.29, 1.82) is 0 Å². The maximum Gasteiger partial charge on any atom is 0.247 e. The van der Waals surface area contributed by atoms with Crippen molar-refractivity contribution in [1.82, 2.24) is 10.2 Å². The van der Waals surface area contributed by atoms with Crippen molar-refractivity contribution in [2.75, 3.05) is 20.1 Å². The minimum atomic E-state index is -0.0844. The highest BCUT2D eigenvalue weighted by Gasteiger charge is 2.37. The zero-order valence-electron chi connectivity index (χ0n) is 14.0. The van der Waals surface area contributed by atoms with Gasteiger partial charge in [-0.15, -0.1) is 0 Å². The Morgan fingerprint density at radius 3 is 2.76 bits per heavy atom. The number of carbonyl (C=O) groups excluding carboxylic acids is 1. The molecular weight excluding hydrogens is 260 g/mol. The summed E-state index contributed by atoms with van der Waals surface area (Å²) in [5.41, 5.74) is 2.58. The molecule has 1 amide bonds. The van der Waals surface area contributed by atoms with Crippen LogP contribution in [-0.2, 0) is 4.79 Å². The van der Waals surface area contributed by atoms with Gasteiger partial charge >= 0.3 is 0 Å². The van der Waals surface area contributed by atoms with E-state index < -0.39 is 0 Å². The van der Waals surface area contributed by atoms with E-state index in [1.54, 1.807) is 0 Å². The van der Waals surface area contributed by atoms with Gasteiger partial charge in [0.1, 0.15) is 0 Å². The fourth-order valence-electron chi connectivity index (χ4n) is 4.14. The molecule has 1 saturated heterocycles. The van der Waals surface area contributed by atoms with Crippen LogP contribution in [0.4, 0.5) is 0 Å². The molecule has 0 saturated carbocycles. The number of rotatable bonds is 3. The average molecular weight is 290 g/mol. The fraction of sp³-hybridized carbons (Fsp3) is 0.722. The van der Waals surface area contributed by atoms with Gasteiger partial charge in [-0.05, 0) is 69.7 Å². The predicted octanol–water partition coefficient (Wildman–Crippen LogP) is 3.34. The summed E-state index contributed by atoms with van der Waals surface area (Å²) in [7, 11) is 2.22. The SMILES string of the molecule is C=CC(=O)NC1=C(C)C(C2CCCN(C)C2)CCC1(C)C. The van der Waals surface area contributed by atoms with Gasteiger partial charge in [-0.3, -0.25) is 4.79 Å². The van der Waals surface area contributed by atoms with Gasteiger partial charge in [0.2, 0.25) is 5.91 Å². The van der Waals surface area contributed by atoms with Gasteiger partial charge < -0.3 is 10.2 Å². The van der Waals surface area contributed by atoms with E-state index in [1.165, 1.54) is 44.0 Å². The van der Waals surface area contributed by atoms with Crippen LogP contribution in [0.5, 0.6) is 0 Å². The van der Waals surface area contributed by atoms with Gasteiger partial charge in [0.25, 0.3) is 0 Å². The van der Waals surface area contributed by atoms with Crippen LogP contribution < -0.4 is 5.32 Å². The maximum atomic E-state index is 11.8. The fourth-order valence-corrected chi connectivity index (χ4v) is 4.14. The quantitative estimate of drug-likeness (QED) is 0.809. The lowest BCUT2D eigenvalue weighted by Crippen LogP contribution is -2.41. The Bertz CT molecular complexity index is 450. The molecule has 1 heterocycles. The van der Waals surface area contributed by atoms with Crippen LogP contribution in [0.25, 0.3) is 0 Å². The number of carbonyl (C=O) groups is 1. The van der Waals surface area contributed by atoms with Crippen molar-refractivity contribution in [2.45, 2.75) is 46.5 Å². The van der Waals surface area contributed by atoms with Crippen LogP contribution in [0.1, 0.15) is 46.5 Å². The number of nitrogens with zero attached hydrogens (tertiary/aromatic N) is 1. The number of hydrogen-bond acceptors (Lipinski definition) is 2. The third kappa shape index (κ3) is 3.57. The predicted molar refractivity (Wildman–Crippen MR) is 87.8 cm³/mol. The average Bonchev–Trinajstić information content (AvgIpc) is 2.43. The van der Waals surface area contributed by atoms with Crippen molar-refractivity contribution < 1.29 is 4.79 Å². The Balaban J connectivity index is 2.25. The van der Waals surface area contributed by atoms with E-state index in [0.717, 1.165) is 18.0 Å². The van der Waals surface area contributed by atoms with Crippen LogP contribution in [0.2, 0.25) is 0 Å². The number of amides is 1. The molecule has 3 heteroatoms. The van der Waals surface area contributed by atoms with Crippen molar-refractivity contribution >= 4 is 5.91 Å². The lowest BCUT2D eigenvalue weighted by atomic mass is 9.67. The first kappa shape index (κ1) is 16.3. The second-order valence-electron chi connectivity index (χ2n) is 7.44. The normalized spacial score (nSPS) is 30.1. The monoisotopic (exact) mass is 290 g/mol. The first-order valence-corrected chi connectivity index (χ1v) is 8.18. The van der Waals surface area contributed by atoms with E-state index in [9.17, 15) is 4.79 Å². The lowest BCUT2D eigenvalue weighted by Gasteiger charge is -2.43. The third-order valence-electron chi connectivity index (χ3n) is 5.37. The van der Waals surface area contributed by atoms with Crippen LogP contribution in [0.15, 0.2) is 23.9 Å². The number of hydrogen-bond donors (Lipinski definition) is 1. The Morgan fingerprint density at radius 1 is 1.43 bits per heavy atom. The second-order valence-corrected chi connectivity index (χ2v) is 7.44. The largest absolute Gasteiger partial charge is 0.326 e. The summed E-state index contributed by atoms with van der Waals surface area (Å²) in [5, 5.41) is 3.10. The molecule has 2 rings (SSSR count). The molecule has 0 aromatic rings. The van der Waals surface area contributed by atoms with Crippen molar-refractivity contribution in [3.63, 3.8) is 0 Å². The summed E-state index contributed by atoms with van der Waals surface area (Å²) >= 11 is 0. The van der Waals surface area contributed by atoms with Crippen molar-refractivity contribution in [3.05, 3.63) is 23.9 Å². The van der Waals surface area contributed by atoms with Crippen LogP contribution in [-0.4, -0.2) is 30.9 Å². The zero-order chi connectivity index (χ0) is 15.6. The number of allylic oxidation sites excluding steroid dienone is 2. The first-order chi connectivity index (χ1) is 9.85. The summed E-state index contributed by atoms with van der Waals surface area (Å²) in [6, 6.07) is 0. The molecule has 0 aromatic carbocycles. The number of likely N-dealkylation sites (tertiary alicyclic amines) is 1. The molecule has 3 nitrogen and oxygen atoms in total. The third-order valence-corrected chi connectivity index (χ3v) is 5.37.